The molecule has 6 nitrogen and oxygen atoms in total. The van der Waals surface area contributed by atoms with Crippen LogP contribution in [0.25, 0.3) is 0 Å². The molecule has 1 aromatic carbocycles. The molecule has 1 aliphatic heterocycles. The van der Waals surface area contributed by atoms with Gasteiger partial charge in [0.05, 0.1) is 0 Å². The predicted octanol–water partition coefficient (Wildman–Crippen LogP) is 0.857. The van der Waals surface area contributed by atoms with Crippen LogP contribution in [-0.2, 0) is 14.4 Å². The Bertz CT molecular complexity index is 577. The molecule has 0 radical (unpaired) electrons. The van der Waals surface area contributed by atoms with Crippen molar-refractivity contribution in [2.24, 2.45) is 5.92 Å². The molecule has 112 valence electrons. The quantitative estimate of drug-likeness (QED) is 0.805. The van der Waals surface area contributed by atoms with Gasteiger partial charge in [-0.2, -0.15) is 0 Å². The molecule has 2 amide bonds. The molecule has 21 heavy (non-hydrogen) atoms. The summed E-state index contributed by atoms with van der Waals surface area (Å²) in [6.07, 6.45) is 0.400. The van der Waals surface area contributed by atoms with E-state index in [0.717, 1.165) is 16.8 Å². The van der Waals surface area contributed by atoms with Crippen molar-refractivity contribution in [1.82, 2.24) is 5.32 Å². The van der Waals surface area contributed by atoms with Gasteiger partial charge >= 0.3 is 5.97 Å². The van der Waals surface area contributed by atoms with Gasteiger partial charge in [-0.15, -0.1) is 0 Å². The largest absolute Gasteiger partial charge is 0.480 e. The maximum Gasteiger partial charge on any atom is 0.322 e. The standard InChI is InChI=1S/C15H18N2O4/c1-9-5-10(2)7-11(6-9)17-4-3-12(15(17)21)14(20)16-8-13(18)19/h5-7,12H,3-4,8H2,1-2H3,(H,16,20)(H,18,19). The highest BCUT2D eigenvalue weighted by Gasteiger charge is 2.37. The minimum Gasteiger partial charge on any atom is -0.480 e. The second-order valence-electron chi connectivity index (χ2n) is 5.29. The van der Waals surface area contributed by atoms with Crippen molar-refractivity contribution < 1.29 is 19.5 Å². The van der Waals surface area contributed by atoms with Gasteiger partial charge in [-0.1, -0.05) is 6.07 Å². The van der Waals surface area contributed by atoms with Crippen LogP contribution in [0.4, 0.5) is 5.69 Å². The lowest BCUT2D eigenvalue weighted by Crippen LogP contribution is -2.39. The normalized spacial score (nSPS) is 17.9. The Hall–Kier alpha value is -2.37. The van der Waals surface area contributed by atoms with E-state index in [4.69, 9.17) is 5.11 Å². The average Bonchev–Trinajstić information content (AvgIpc) is 2.76. The number of benzene rings is 1. The third kappa shape index (κ3) is 3.39. The second-order valence-corrected chi connectivity index (χ2v) is 5.29. The lowest BCUT2D eigenvalue weighted by molar-refractivity contribution is -0.140. The van der Waals surface area contributed by atoms with Crippen LogP contribution in [0.1, 0.15) is 17.5 Å². The smallest absolute Gasteiger partial charge is 0.322 e. The lowest BCUT2D eigenvalue weighted by Gasteiger charge is -2.18. The molecule has 1 heterocycles. The molecule has 2 N–H and O–H groups in total. The van der Waals surface area contributed by atoms with Crippen molar-refractivity contribution >= 4 is 23.5 Å². The summed E-state index contributed by atoms with van der Waals surface area (Å²) in [6.45, 7) is 3.90. The number of aliphatic carboxylic acids is 1. The van der Waals surface area contributed by atoms with E-state index in [-0.39, 0.29) is 5.91 Å². The van der Waals surface area contributed by atoms with E-state index in [1.54, 1.807) is 4.90 Å². The van der Waals surface area contributed by atoms with Gasteiger partial charge in [0.15, 0.2) is 0 Å². The topological polar surface area (TPSA) is 86.7 Å². The molecule has 1 unspecified atom stereocenters. The summed E-state index contributed by atoms with van der Waals surface area (Å²) in [5, 5.41) is 10.8. The SMILES string of the molecule is Cc1cc(C)cc(N2CCC(C(=O)NCC(=O)O)C2=O)c1. The maximum absolute atomic E-state index is 12.3. The molecule has 1 fully saturated rings. The predicted molar refractivity (Wildman–Crippen MR) is 77.0 cm³/mol. The van der Waals surface area contributed by atoms with Crippen molar-refractivity contribution in [2.75, 3.05) is 18.0 Å². The van der Waals surface area contributed by atoms with Gasteiger partial charge in [-0.3, -0.25) is 14.4 Å². The van der Waals surface area contributed by atoms with Gasteiger partial charge in [0, 0.05) is 12.2 Å². The zero-order valence-corrected chi connectivity index (χ0v) is 12.0. The number of amides is 2. The van der Waals surface area contributed by atoms with Gasteiger partial charge in [0.1, 0.15) is 12.5 Å². The highest BCUT2D eigenvalue weighted by molar-refractivity contribution is 6.10. The molecule has 0 bridgehead atoms. The van der Waals surface area contributed by atoms with Crippen LogP contribution < -0.4 is 10.2 Å². The molecule has 0 spiro atoms. The van der Waals surface area contributed by atoms with E-state index in [1.807, 2.05) is 32.0 Å². The van der Waals surface area contributed by atoms with E-state index in [0.29, 0.717) is 13.0 Å². The fourth-order valence-corrected chi connectivity index (χ4v) is 2.57. The van der Waals surface area contributed by atoms with Crippen LogP contribution in [0.3, 0.4) is 0 Å². The number of nitrogens with zero attached hydrogens (tertiary/aromatic N) is 1. The van der Waals surface area contributed by atoms with E-state index in [9.17, 15) is 14.4 Å². The number of nitrogens with one attached hydrogen (secondary N) is 1. The Labute approximate surface area is 122 Å². The van der Waals surface area contributed by atoms with Gasteiger partial charge in [-0.05, 0) is 43.5 Å². The van der Waals surface area contributed by atoms with Crippen LogP contribution in [0.15, 0.2) is 18.2 Å². The van der Waals surface area contributed by atoms with Crippen LogP contribution >= 0.6 is 0 Å². The molecule has 1 aromatic rings. The van der Waals surface area contributed by atoms with E-state index in [2.05, 4.69) is 5.32 Å². The molecule has 0 saturated carbocycles. The molecule has 1 aliphatic rings. The van der Waals surface area contributed by atoms with E-state index < -0.39 is 24.3 Å². The number of carboxylic acid groups (broad SMARTS) is 1. The van der Waals surface area contributed by atoms with E-state index in [1.165, 1.54) is 0 Å². The summed E-state index contributed by atoms with van der Waals surface area (Å²) in [5.74, 6) is -2.72. The van der Waals surface area contributed by atoms with Crippen molar-refractivity contribution in [1.29, 1.82) is 0 Å². The highest BCUT2D eigenvalue weighted by Crippen LogP contribution is 2.27. The molecule has 6 heteroatoms. The number of carbonyl (C=O) groups is 3. The first-order valence-corrected chi connectivity index (χ1v) is 6.77. The Kier molecular flexibility index (Phi) is 4.26. The zero-order chi connectivity index (χ0) is 15.6. The van der Waals surface area contributed by atoms with Gasteiger partial charge < -0.3 is 15.3 Å². The lowest BCUT2D eigenvalue weighted by atomic mass is 10.1. The summed E-state index contributed by atoms with van der Waals surface area (Å²) in [7, 11) is 0. The molecular formula is C15H18N2O4. The first-order valence-electron chi connectivity index (χ1n) is 6.77. The minimum absolute atomic E-state index is 0.275. The summed E-state index contributed by atoms with van der Waals surface area (Å²) in [6, 6.07) is 5.83. The molecule has 1 atom stereocenters. The van der Waals surface area contributed by atoms with Gasteiger partial charge in [0.25, 0.3) is 0 Å². The number of carbonyl (C=O) groups excluding carboxylic acids is 2. The Morgan fingerprint density at radius 1 is 1.29 bits per heavy atom. The van der Waals surface area contributed by atoms with Crippen LogP contribution in [0.2, 0.25) is 0 Å². The second kappa shape index (κ2) is 5.95. The summed E-state index contributed by atoms with van der Waals surface area (Å²) < 4.78 is 0. The Morgan fingerprint density at radius 3 is 2.48 bits per heavy atom. The third-order valence-corrected chi connectivity index (χ3v) is 3.45. The fourth-order valence-electron chi connectivity index (χ4n) is 2.57. The fraction of sp³-hybridized carbons (Fsp3) is 0.400. The van der Waals surface area contributed by atoms with Crippen LogP contribution in [0, 0.1) is 19.8 Å². The number of carboxylic acids is 1. The van der Waals surface area contributed by atoms with Crippen molar-refractivity contribution in [3.05, 3.63) is 29.3 Å². The average molecular weight is 290 g/mol. The van der Waals surface area contributed by atoms with E-state index >= 15 is 0 Å². The van der Waals surface area contributed by atoms with Crippen molar-refractivity contribution in [3.63, 3.8) is 0 Å². The van der Waals surface area contributed by atoms with Gasteiger partial charge in [-0.25, -0.2) is 0 Å². The zero-order valence-electron chi connectivity index (χ0n) is 12.0. The molecular weight excluding hydrogens is 272 g/mol. The number of aryl methyl sites for hydroxylation is 2. The number of hydrogen-bond acceptors (Lipinski definition) is 3. The summed E-state index contributed by atoms with van der Waals surface area (Å²) >= 11 is 0. The highest BCUT2D eigenvalue weighted by atomic mass is 16.4. The number of hydrogen-bond donors (Lipinski definition) is 2. The number of rotatable bonds is 4. The monoisotopic (exact) mass is 290 g/mol. The number of anilines is 1. The van der Waals surface area contributed by atoms with Gasteiger partial charge in [0.2, 0.25) is 11.8 Å². The maximum atomic E-state index is 12.3. The first-order chi connectivity index (χ1) is 9.88. The molecule has 0 aromatic heterocycles. The van der Waals surface area contributed by atoms with Crippen molar-refractivity contribution in [2.45, 2.75) is 20.3 Å². The summed E-state index contributed by atoms with van der Waals surface area (Å²) in [5.41, 5.74) is 2.89. The molecule has 1 saturated heterocycles. The third-order valence-electron chi connectivity index (χ3n) is 3.45. The first kappa shape index (κ1) is 15.0. The minimum atomic E-state index is -1.13. The summed E-state index contributed by atoms with van der Waals surface area (Å²) in [4.78, 5) is 36.2. The van der Waals surface area contributed by atoms with Crippen molar-refractivity contribution in [3.8, 4) is 0 Å². The van der Waals surface area contributed by atoms with Crippen LogP contribution in [-0.4, -0.2) is 36.0 Å². The Morgan fingerprint density at radius 2 is 1.90 bits per heavy atom. The molecule has 0 aliphatic carbocycles. The molecule has 2 rings (SSSR count). The van der Waals surface area contributed by atoms with Crippen LogP contribution in [0.5, 0.6) is 0 Å². The Balaban J connectivity index is 2.10.